The molecule has 2 bridgehead atoms. The molecule has 14 nitrogen and oxygen atoms in total. The highest BCUT2D eigenvalue weighted by molar-refractivity contribution is 5.97. The Morgan fingerprint density at radius 3 is 2.53 bits per heavy atom. The summed E-state index contributed by atoms with van der Waals surface area (Å²) < 4.78 is 5.32. The second-order valence-corrected chi connectivity index (χ2v) is 12.8. The van der Waals surface area contributed by atoms with Crippen molar-refractivity contribution in [1.82, 2.24) is 31.5 Å². The molecular weight excluding hydrogens is 654 g/mol. The van der Waals surface area contributed by atoms with E-state index in [0.717, 1.165) is 23.3 Å². The van der Waals surface area contributed by atoms with Crippen molar-refractivity contribution in [3.05, 3.63) is 82.9 Å². The summed E-state index contributed by atoms with van der Waals surface area (Å²) in [5, 5.41) is 14.1. The van der Waals surface area contributed by atoms with Crippen molar-refractivity contribution in [3.63, 3.8) is 0 Å². The lowest BCUT2D eigenvalue weighted by atomic mass is 9.95. The Hall–Kier alpha value is -5.08. The summed E-state index contributed by atoms with van der Waals surface area (Å²) in [6.07, 6.45) is 3.65. The van der Waals surface area contributed by atoms with Crippen LogP contribution in [0.3, 0.4) is 0 Å². The Morgan fingerprint density at radius 1 is 0.941 bits per heavy atom. The van der Waals surface area contributed by atoms with Gasteiger partial charge in [-0.05, 0) is 42.9 Å². The van der Waals surface area contributed by atoms with Crippen molar-refractivity contribution < 1.29 is 33.5 Å². The van der Waals surface area contributed by atoms with Crippen molar-refractivity contribution in [2.24, 2.45) is 11.7 Å². The van der Waals surface area contributed by atoms with E-state index in [1.54, 1.807) is 24.3 Å². The molecular formula is C37H49N7O7. The first kappa shape index (κ1) is 38.7. The summed E-state index contributed by atoms with van der Waals surface area (Å²) in [5.41, 5.74) is 8.68. The van der Waals surface area contributed by atoms with Gasteiger partial charge in [0.25, 0.3) is 0 Å². The monoisotopic (exact) mass is 703 g/mol. The number of carbonyl (C=O) groups is 6. The van der Waals surface area contributed by atoms with E-state index >= 15 is 0 Å². The fraction of sp³-hybridized carbons (Fsp3) is 0.459. The summed E-state index contributed by atoms with van der Waals surface area (Å²) in [5.74, 6) is -3.10. The van der Waals surface area contributed by atoms with Crippen LogP contribution in [0.2, 0.25) is 0 Å². The number of carbonyl (C=O) groups excluding carboxylic acids is 6. The second-order valence-electron chi connectivity index (χ2n) is 12.8. The average Bonchev–Trinajstić information content (AvgIpc) is 3.12. The molecule has 4 rings (SSSR count). The number of aryl methyl sites for hydroxylation is 1. The molecule has 2 heterocycles. The molecule has 1 saturated heterocycles. The first-order valence-electron chi connectivity index (χ1n) is 17.4. The first-order chi connectivity index (χ1) is 24.6. The van der Waals surface area contributed by atoms with Crippen molar-refractivity contribution >= 4 is 35.4 Å². The minimum atomic E-state index is -0.973. The van der Waals surface area contributed by atoms with Crippen molar-refractivity contribution in [2.75, 3.05) is 45.9 Å². The van der Waals surface area contributed by atoms with Gasteiger partial charge in [0, 0.05) is 57.8 Å². The zero-order valence-corrected chi connectivity index (χ0v) is 29.1. The number of amides is 6. The number of ether oxygens (including phenoxy) is 1. The minimum absolute atomic E-state index is 0.0394. The molecule has 0 saturated carbocycles. The molecule has 3 atom stereocenters. The normalized spacial score (nSPS) is 21.8. The van der Waals surface area contributed by atoms with Gasteiger partial charge in [0.05, 0.1) is 25.6 Å². The number of rotatable bonds is 8. The lowest BCUT2D eigenvalue weighted by molar-refractivity contribution is -0.135. The summed E-state index contributed by atoms with van der Waals surface area (Å²) in [6.45, 7) is 3.80. The van der Waals surface area contributed by atoms with Gasteiger partial charge in [0.15, 0.2) is 0 Å². The molecule has 0 spiro atoms. The molecule has 0 unspecified atom stereocenters. The molecule has 51 heavy (non-hydrogen) atoms. The van der Waals surface area contributed by atoms with Crippen molar-refractivity contribution in [2.45, 2.75) is 57.7 Å². The molecule has 2 aromatic carbocycles. The molecule has 2 aromatic rings. The smallest absolute Gasteiger partial charge is 0.246 e. The third-order valence-corrected chi connectivity index (χ3v) is 8.75. The van der Waals surface area contributed by atoms with Crippen LogP contribution >= 0.6 is 0 Å². The molecule has 2 aliphatic rings. The van der Waals surface area contributed by atoms with E-state index in [4.69, 9.17) is 10.5 Å². The Morgan fingerprint density at radius 2 is 1.75 bits per heavy atom. The third-order valence-electron chi connectivity index (χ3n) is 8.75. The van der Waals surface area contributed by atoms with Crippen LogP contribution < -0.4 is 32.3 Å². The molecule has 274 valence electrons. The van der Waals surface area contributed by atoms with Gasteiger partial charge in [0.1, 0.15) is 12.1 Å². The van der Waals surface area contributed by atoms with Crippen LogP contribution in [-0.2, 0) is 52.9 Å². The summed E-state index contributed by atoms with van der Waals surface area (Å²) in [6, 6.07) is 13.0. The zero-order valence-electron chi connectivity index (χ0n) is 29.1. The molecule has 14 heteroatoms. The Kier molecular flexibility index (Phi) is 15.1. The Labute approximate surface area is 298 Å². The van der Waals surface area contributed by atoms with Gasteiger partial charge in [-0.2, -0.15) is 0 Å². The van der Waals surface area contributed by atoms with Crippen LogP contribution in [0.5, 0.6) is 0 Å². The SMILES string of the molecule is Cc1cccc(C[C@@H]2NC(=O)[C@@H]3CCCN(C3)C(=O)/C=C/C(=O)NCC[C@@H](C(=O)NCCOCCN)NC(=O)Cc3ccccc3CNC2=O)c1. The largest absolute Gasteiger partial charge is 0.378 e. The molecule has 1 fully saturated rings. The van der Waals surface area contributed by atoms with E-state index in [1.807, 2.05) is 31.2 Å². The predicted octanol–water partition coefficient (Wildman–Crippen LogP) is -0.228. The van der Waals surface area contributed by atoms with Gasteiger partial charge >= 0.3 is 0 Å². The summed E-state index contributed by atoms with van der Waals surface area (Å²) in [7, 11) is 0. The van der Waals surface area contributed by atoms with E-state index in [9.17, 15) is 28.8 Å². The van der Waals surface area contributed by atoms with Crippen LogP contribution in [0, 0.1) is 12.8 Å². The van der Waals surface area contributed by atoms with E-state index < -0.39 is 47.5 Å². The number of nitrogens with two attached hydrogens (primary N) is 1. The fourth-order valence-corrected chi connectivity index (χ4v) is 6.07. The van der Waals surface area contributed by atoms with Gasteiger partial charge in [-0.15, -0.1) is 0 Å². The highest BCUT2D eigenvalue weighted by Gasteiger charge is 2.31. The quantitative estimate of drug-likeness (QED) is 0.203. The van der Waals surface area contributed by atoms with Crippen LogP contribution in [0.15, 0.2) is 60.7 Å². The molecule has 0 radical (unpaired) electrons. The molecule has 2 aliphatic heterocycles. The lowest BCUT2D eigenvalue weighted by Gasteiger charge is -2.32. The molecule has 6 amide bonds. The maximum Gasteiger partial charge on any atom is 0.246 e. The van der Waals surface area contributed by atoms with Crippen LogP contribution in [-0.4, -0.2) is 98.4 Å². The van der Waals surface area contributed by atoms with Crippen LogP contribution in [0.25, 0.3) is 0 Å². The van der Waals surface area contributed by atoms with E-state index in [-0.39, 0.29) is 58.0 Å². The van der Waals surface area contributed by atoms with Crippen molar-refractivity contribution in [3.8, 4) is 0 Å². The molecule has 0 aliphatic carbocycles. The zero-order chi connectivity index (χ0) is 36.6. The molecule has 0 aromatic heterocycles. The predicted molar refractivity (Wildman–Crippen MR) is 190 cm³/mol. The standard InChI is InChI=1S/C37H49N7O7/c1-25-6-4-7-26(20-25)21-31-37(50)41-23-28-9-3-2-8-27(28)22-33(46)42-30(36(49)40-16-19-51-18-14-38)13-15-39-32(45)11-12-34(47)44-17-5-10-29(24-44)35(48)43-31/h2-4,6-9,11-12,20,29-31H,5,10,13-19,21-24,38H2,1H3,(H,39,45)(H,40,49)(H,41,50)(H,42,46)(H,43,48)/b12-11+/t29-,30+,31+/m1/s1. The first-order valence-corrected chi connectivity index (χ1v) is 17.4. The van der Waals surface area contributed by atoms with E-state index in [2.05, 4.69) is 26.6 Å². The Bertz CT molecular complexity index is 1580. The number of nitrogens with zero attached hydrogens (tertiary/aromatic N) is 1. The lowest BCUT2D eigenvalue weighted by Crippen LogP contribution is -2.52. The van der Waals surface area contributed by atoms with Gasteiger partial charge in [0.2, 0.25) is 35.4 Å². The summed E-state index contributed by atoms with van der Waals surface area (Å²) >= 11 is 0. The number of hydrogen-bond donors (Lipinski definition) is 6. The van der Waals surface area contributed by atoms with E-state index in [0.29, 0.717) is 43.7 Å². The maximum atomic E-state index is 13.7. The summed E-state index contributed by atoms with van der Waals surface area (Å²) in [4.78, 5) is 80.8. The fourth-order valence-electron chi connectivity index (χ4n) is 6.07. The molecule has 7 N–H and O–H groups in total. The number of benzene rings is 2. The van der Waals surface area contributed by atoms with Gasteiger partial charge in [-0.3, -0.25) is 28.8 Å². The maximum absolute atomic E-state index is 13.7. The topological polar surface area (TPSA) is 201 Å². The van der Waals surface area contributed by atoms with Gasteiger partial charge in [-0.1, -0.05) is 54.1 Å². The Balaban J connectivity index is 1.57. The minimum Gasteiger partial charge on any atom is -0.378 e. The highest BCUT2D eigenvalue weighted by Crippen LogP contribution is 2.18. The number of nitrogens with one attached hydrogen (secondary N) is 5. The van der Waals surface area contributed by atoms with Gasteiger partial charge in [-0.25, -0.2) is 0 Å². The highest BCUT2D eigenvalue weighted by atomic mass is 16.5. The number of fused-ring (bicyclic) bond motifs is 3. The second kappa shape index (κ2) is 19.9. The third kappa shape index (κ3) is 12.6. The number of piperidine rings is 1. The number of hydrogen-bond acceptors (Lipinski definition) is 8. The van der Waals surface area contributed by atoms with E-state index in [1.165, 1.54) is 4.90 Å². The van der Waals surface area contributed by atoms with Crippen LogP contribution in [0.4, 0.5) is 0 Å². The van der Waals surface area contributed by atoms with Gasteiger partial charge < -0.3 is 42.0 Å². The van der Waals surface area contributed by atoms with Crippen LogP contribution in [0.1, 0.15) is 41.5 Å². The van der Waals surface area contributed by atoms with Crippen molar-refractivity contribution in [1.29, 1.82) is 0 Å². The average molecular weight is 704 g/mol.